The van der Waals surface area contributed by atoms with Crippen LogP contribution in [0.2, 0.25) is 0 Å². The molecule has 0 saturated carbocycles. The van der Waals surface area contributed by atoms with Crippen LogP contribution in [-0.4, -0.2) is 19.9 Å². The number of rotatable bonds is 4. The zero-order valence-corrected chi connectivity index (χ0v) is 31.4. The Kier molecular flexibility index (Phi) is 9.63. The van der Waals surface area contributed by atoms with Crippen molar-refractivity contribution in [3.63, 3.8) is 0 Å². The van der Waals surface area contributed by atoms with Crippen LogP contribution >= 0.6 is 0 Å². The van der Waals surface area contributed by atoms with Crippen molar-refractivity contribution in [1.29, 1.82) is 0 Å². The molecule has 2 N–H and O–H groups in total. The predicted molar refractivity (Wildman–Crippen MR) is 232 cm³/mol. The standard InChI is InChI=1S/C52H30N4.Ni/c1-5-33-9-17-37(18-10-33)49-41-25-27-43(53-41)50(38-19-11-34(6-2)12-20-38)45-29-31-47(55-45)52(40-23-15-36(8-4)16-24-40)48-32-30-46(56-48)51(44-28-26-42(49)54-44)39-21-13-35(7-3)14-22-39;/h1-4,9-32,53,56H;. The second-order valence-electron chi connectivity index (χ2n) is 13.4. The summed E-state index contributed by atoms with van der Waals surface area (Å²) in [5.74, 6) is 11.0. The number of aromatic amines is 2. The molecule has 0 unspecified atom stereocenters. The third kappa shape index (κ3) is 6.67. The van der Waals surface area contributed by atoms with Gasteiger partial charge in [0, 0.05) is 83.1 Å². The van der Waals surface area contributed by atoms with Crippen LogP contribution in [0.15, 0.2) is 121 Å². The quantitative estimate of drug-likeness (QED) is 0.138. The van der Waals surface area contributed by atoms with Crippen LogP contribution in [0.25, 0.3) is 90.9 Å². The smallest absolute Gasteiger partial charge is 0.0737 e. The van der Waals surface area contributed by atoms with Gasteiger partial charge >= 0.3 is 0 Å². The van der Waals surface area contributed by atoms with E-state index in [0.717, 1.165) is 112 Å². The zero-order chi connectivity index (χ0) is 38.2. The second kappa shape index (κ2) is 15.2. The van der Waals surface area contributed by atoms with E-state index in [0.29, 0.717) is 0 Å². The number of H-pyrrole nitrogens is 2. The molecule has 5 heterocycles. The van der Waals surface area contributed by atoms with Crippen LogP contribution < -0.4 is 0 Å². The fraction of sp³-hybridized carbons (Fsp3) is 0. The van der Waals surface area contributed by atoms with E-state index in [1.165, 1.54) is 0 Å². The summed E-state index contributed by atoms with van der Waals surface area (Å²) in [7, 11) is 0. The number of nitrogens with one attached hydrogen (secondary N) is 2. The maximum Gasteiger partial charge on any atom is 0.0737 e. The van der Waals surface area contributed by atoms with Crippen molar-refractivity contribution in [2.75, 3.05) is 0 Å². The number of hydrogen-bond acceptors (Lipinski definition) is 2. The van der Waals surface area contributed by atoms with E-state index in [1.807, 2.05) is 97.1 Å². The predicted octanol–water partition coefficient (Wildman–Crippen LogP) is 11.2. The Morgan fingerprint density at radius 1 is 0.316 bits per heavy atom. The topological polar surface area (TPSA) is 57.4 Å². The first kappa shape index (κ1) is 36.2. The van der Waals surface area contributed by atoms with Crippen molar-refractivity contribution in [1.82, 2.24) is 19.9 Å². The van der Waals surface area contributed by atoms with Crippen LogP contribution in [-0.2, 0) is 16.5 Å². The molecule has 8 bridgehead atoms. The minimum atomic E-state index is 0. The molecule has 4 nitrogen and oxygen atoms in total. The summed E-state index contributed by atoms with van der Waals surface area (Å²) in [6.45, 7) is 0. The molecule has 5 heteroatoms. The van der Waals surface area contributed by atoms with Gasteiger partial charge in [-0.3, -0.25) is 0 Å². The van der Waals surface area contributed by atoms with Crippen molar-refractivity contribution in [2.24, 2.45) is 0 Å². The van der Waals surface area contributed by atoms with Crippen LogP contribution in [0, 0.1) is 49.4 Å². The van der Waals surface area contributed by atoms with Gasteiger partial charge < -0.3 is 9.97 Å². The molecular weight excluding hydrogens is 739 g/mol. The van der Waals surface area contributed by atoms with E-state index >= 15 is 0 Å². The Morgan fingerprint density at radius 2 is 0.526 bits per heavy atom. The summed E-state index contributed by atoms with van der Waals surface area (Å²) >= 11 is 0. The van der Waals surface area contributed by atoms with Crippen molar-refractivity contribution < 1.29 is 16.5 Å². The molecule has 0 atom stereocenters. The number of benzene rings is 4. The molecule has 3 aromatic heterocycles. The van der Waals surface area contributed by atoms with Gasteiger partial charge in [-0.05, 0) is 119 Å². The maximum atomic E-state index is 5.76. The van der Waals surface area contributed by atoms with Gasteiger partial charge in [0.05, 0.1) is 22.8 Å². The summed E-state index contributed by atoms with van der Waals surface area (Å²) in [6.07, 6.45) is 31.3. The fourth-order valence-electron chi connectivity index (χ4n) is 7.35. The van der Waals surface area contributed by atoms with Crippen LogP contribution in [0.3, 0.4) is 0 Å². The molecule has 2 aliphatic heterocycles. The van der Waals surface area contributed by atoms with E-state index in [9.17, 15) is 0 Å². The Hall–Kier alpha value is -7.79. The summed E-state index contributed by atoms with van der Waals surface area (Å²) in [4.78, 5) is 18.2. The van der Waals surface area contributed by atoms with Crippen molar-refractivity contribution in [3.8, 4) is 93.9 Å². The van der Waals surface area contributed by atoms with Gasteiger partial charge in [-0.25, -0.2) is 9.97 Å². The molecule has 4 aromatic carbocycles. The summed E-state index contributed by atoms with van der Waals surface area (Å²) < 4.78 is 0. The zero-order valence-electron chi connectivity index (χ0n) is 30.4. The van der Waals surface area contributed by atoms with Crippen LogP contribution in [0.1, 0.15) is 45.0 Å². The van der Waals surface area contributed by atoms with Crippen molar-refractivity contribution in [3.05, 3.63) is 166 Å². The molecule has 7 aromatic rings. The van der Waals surface area contributed by atoms with E-state index in [2.05, 4.69) is 82.2 Å². The molecule has 0 amide bonds. The van der Waals surface area contributed by atoms with Gasteiger partial charge in [0.15, 0.2) is 0 Å². The number of aromatic nitrogens is 4. The largest absolute Gasteiger partial charge is 0.354 e. The molecule has 57 heavy (non-hydrogen) atoms. The normalized spacial score (nSPS) is 11.2. The van der Waals surface area contributed by atoms with E-state index < -0.39 is 0 Å². The first-order valence-electron chi connectivity index (χ1n) is 18.0. The number of fused-ring (bicyclic) bond motifs is 8. The minimum Gasteiger partial charge on any atom is -0.354 e. The Morgan fingerprint density at radius 3 is 0.719 bits per heavy atom. The second-order valence-corrected chi connectivity index (χ2v) is 13.4. The van der Waals surface area contributed by atoms with Gasteiger partial charge in [-0.1, -0.05) is 72.2 Å². The first-order chi connectivity index (χ1) is 27.5. The Labute approximate surface area is 341 Å². The van der Waals surface area contributed by atoms with Crippen LogP contribution in [0.4, 0.5) is 0 Å². The van der Waals surface area contributed by atoms with E-state index in [1.54, 1.807) is 0 Å². The average Bonchev–Trinajstić information content (AvgIpc) is 4.10. The van der Waals surface area contributed by atoms with Crippen LogP contribution in [0.5, 0.6) is 0 Å². The molecule has 0 saturated heterocycles. The minimum absolute atomic E-state index is 0. The number of hydrogen-bond donors (Lipinski definition) is 2. The summed E-state index contributed by atoms with van der Waals surface area (Å²) in [5.41, 5.74) is 17.5. The van der Waals surface area contributed by atoms with Crippen molar-refractivity contribution >= 4 is 46.4 Å². The fourth-order valence-corrected chi connectivity index (χ4v) is 7.35. The third-order valence-electron chi connectivity index (χ3n) is 10.1. The molecule has 0 fully saturated rings. The number of terminal acetylenes is 4. The van der Waals surface area contributed by atoms with E-state index in [-0.39, 0.29) is 16.5 Å². The summed E-state index contributed by atoms with van der Waals surface area (Å²) in [6, 6.07) is 40.3. The van der Waals surface area contributed by atoms with Gasteiger partial charge in [0.2, 0.25) is 0 Å². The number of nitrogens with zero attached hydrogens (tertiary/aromatic N) is 2. The molecule has 0 aliphatic carbocycles. The first-order valence-corrected chi connectivity index (χ1v) is 18.0. The SMILES string of the molecule is C#Cc1ccc(-c2c3nc(c(-c4ccc(C#C)cc4)c4ccc([nH]4)c(-c4ccc(C#C)cc4)c4nc(c(-c5ccc(C#C)cc5)c5ccc2[nH]5)C=C4)C=C3)cc1.[Ni]. The monoisotopic (exact) mass is 768 g/mol. The molecule has 9 rings (SSSR count). The molecule has 0 radical (unpaired) electrons. The van der Waals surface area contributed by atoms with Gasteiger partial charge in [-0.2, -0.15) is 0 Å². The molecule has 268 valence electrons. The van der Waals surface area contributed by atoms with Crippen molar-refractivity contribution in [2.45, 2.75) is 0 Å². The molecule has 0 spiro atoms. The molecule has 2 aliphatic rings. The van der Waals surface area contributed by atoms with Gasteiger partial charge in [-0.15, -0.1) is 25.7 Å². The maximum absolute atomic E-state index is 5.76. The Balaban J connectivity index is 0.00000455. The summed E-state index contributed by atoms with van der Waals surface area (Å²) in [5, 5.41) is 0. The Bertz CT molecular complexity index is 2710. The average molecular weight is 770 g/mol. The van der Waals surface area contributed by atoms with Gasteiger partial charge in [0.25, 0.3) is 0 Å². The molecular formula is C52H30N4Ni. The van der Waals surface area contributed by atoms with E-state index in [4.69, 9.17) is 35.7 Å². The third-order valence-corrected chi connectivity index (χ3v) is 10.1. The van der Waals surface area contributed by atoms with Gasteiger partial charge in [0.1, 0.15) is 0 Å².